The molecule has 0 bridgehead atoms. The Balaban J connectivity index is 0. The largest absolute Gasteiger partial charge is 0.106 e. The molecule has 0 spiro atoms. The second-order valence-electron chi connectivity index (χ2n) is 13.2. The average Bonchev–Trinajstić information content (AvgIpc) is 3.46. The summed E-state index contributed by atoms with van der Waals surface area (Å²) >= 11 is 0. The second-order valence-corrected chi connectivity index (χ2v) is 13.2. The van der Waals surface area contributed by atoms with Gasteiger partial charge in [0.1, 0.15) is 0 Å². The van der Waals surface area contributed by atoms with E-state index in [0.717, 1.165) is 41.4 Å². The van der Waals surface area contributed by atoms with E-state index in [1.165, 1.54) is 76.2 Å². The van der Waals surface area contributed by atoms with Crippen molar-refractivity contribution in [1.29, 1.82) is 0 Å². The summed E-state index contributed by atoms with van der Waals surface area (Å²) in [6.45, 7) is 33.0. The van der Waals surface area contributed by atoms with Gasteiger partial charge in [0.25, 0.3) is 0 Å². The molecule has 1 aromatic carbocycles. The van der Waals surface area contributed by atoms with Gasteiger partial charge in [-0.1, -0.05) is 158 Å². The van der Waals surface area contributed by atoms with E-state index in [-0.39, 0.29) is 0 Å². The number of benzene rings is 1. The molecule has 0 heteroatoms. The Labute approximate surface area is 274 Å². The molecule has 0 saturated heterocycles. The number of hydrogen-bond donors (Lipinski definition) is 0. The third kappa shape index (κ3) is 13.9. The standard InChI is InChI=1S/C26H48.C9H12.3C2H6.C2H4/c1-6-8-12-19(3)22-16-17-23(20(22)4)24-15-14-21-13-9-10-18-26(21,5)25(24)11-7-2;1-2-6-9-7-4-3-5-8-9;4*1-2/h19-25H,6-18H2,1-5H3;3-5,7-8H,2,6H2,1H3;3*1-2H3;1-2H2. The molecular formula is C43H82. The Hall–Kier alpha value is -1.04. The van der Waals surface area contributed by atoms with Crippen LogP contribution in [0.4, 0.5) is 0 Å². The summed E-state index contributed by atoms with van der Waals surface area (Å²) in [4.78, 5) is 0. The minimum Gasteiger partial charge on any atom is -0.106 e. The fourth-order valence-corrected chi connectivity index (χ4v) is 9.15. The van der Waals surface area contributed by atoms with E-state index in [0.29, 0.717) is 5.41 Å². The van der Waals surface area contributed by atoms with Gasteiger partial charge in [0.2, 0.25) is 0 Å². The molecular weight excluding hydrogens is 516 g/mol. The molecule has 1 aromatic rings. The summed E-state index contributed by atoms with van der Waals surface area (Å²) in [7, 11) is 0. The minimum absolute atomic E-state index is 0.683. The lowest BCUT2D eigenvalue weighted by atomic mass is 9.49. The normalized spacial score (nSPS) is 29.5. The number of hydrogen-bond acceptors (Lipinski definition) is 0. The van der Waals surface area contributed by atoms with Crippen molar-refractivity contribution >= 4 is 0 Å². The van der Waals surface area contributed by atoms with Gasteiger partial charge in [0.05, 0.1) is 0 Å². The van der Waals surface area contributed by atoms with E-state index in [1.54, 1.807) is 25.7 Å². The highest BCUT2D eigenvalue weighted by Gasteiger charge is 2.52. The first-order chi connectivity index (χ1) is 21.0. The lowest BCUT2D eigenvalue weighted by Gasteiger charge is -2.56. The Kier molecular flexibility index (Phi) is 28.0. The SMILES string of the molecule is C=C.CC.CC.CC.CCCCC(C)C1CCC(C2CCC3CCCCC3(C)C2CCC)C1C.CCCc1ccccc1. The topological polar surface area (TPSA) is 0 Å². The first kappa shape index (κ1) is 44.1. The van der Waals surface area contributed by atoms with Gasteiger partial charge < -0.3 is 0 Å². The molecule has 0 aliphatic heterocycles. The van der Waals surface area contributed by atoms with Crippen LogP contribution in [0.2, 0.25) is 0 Å². The van der Waals surface area contributed by atoms with Gasteiger partial charge in [-0.2, -0.15) is 0 Å². The van der Waals surface area contributed by atoms with Crippen molar-refractivity contribution in [3.05, 3.63) is 49.1 Å². The number of fused-ring (bicyclic) bond motifs is 1. The van der Waals surface area contributed by atoms with Crippen LogP contribution >= 0.6 is 0 Å². The van der Waals surface area contributed by atoms with Crippen molar-refractivity contribution in [2.75, 3.05) is 0 Å². The zero-order valence-electron chi connectivity index (χ0n) is 31.9. The van der Waals surface area contributed by atoms with Crippen LogP contribution in [0, 0.1) is 46.8 Å². The van der Waals surface area contributed by atoms with Crippen LogP contribution in [0.5, 0.6) is 0 Å². The summed E-state index contributed by atoms with van der Waals surface area (Å²) in [5, 5.41) is 0. The molecule has 0 heterocycles. The molecule has 0 aromatic heterocycles. The van der Waals surface area contributed by atoms with E-state index in [2.05, 4.69) is 85.0 Å². The Morgan fingerprint density at radius 2 is 1.37 bits per heavy atom. The third-order valence-electron chi connectivity index (χ3n) is 11.1. The fraction of sp³-hybridized carbons (Fsp3) is 0.814. The van der Waals surface area contributed by atoms with E-state index in [1.807, 2.05) is 41.5 Å². The Morgan fingerprint density at radius 3 is 1.93 bits per heavy atom. The maximum absolute atomic E-state index is 3.00. The summed E-state index contributed by atoms with van der Waals surface area (Å²) in [6, 6.07) is 10.6. The molecule has 254 valence electrons. The van der Waals surface area contributed by atoms with Gasteiger partial charge in [-0.05, 0) is 104 Å². The van der Waals surface area contributed by atoms with Gasteiger partial charge in [0.15, 0.2) is 0 Å². The smallest absolute Gasteiger partial charge is 0.0266 e. The molecule has 0 nitrogen and oxygen atoms in total. The maximum Gasteiger partial charge on any atom is -0.0266 e. The van der Waals surface area contributed by atoms with E-state index >= 15 is 0 Å². The highest BCUT2D eigenvalue weighted by Crippen LogP contribution is 2.61. The van der Waals surface area contributed by atoms with Gasteiger partial charge in [-0.25, -0.2) is 0 Å². The van der Waals surface area contributed by atoms with Crippen LogP contribution in [0.25, 0.3) is 0 Å². The zero-order chi connectivity index (χ0) is 33.3. The quantitative estimate of drug-likeness (QED) is 0.248. The summed E-state index contributed by atoms with van der Waals surface area (Å²) in [5.74, 6) is 7.14. The molecule has 3 aliphatic carbocycles. The predicted molar refractivity (Wildman–Crippen MR) is 201 cm³/mol. The van der Waals surface area contributed by atoms with Crippen molar-refractivity contribution < 1.29 is 0 Å². The van der Waals surface area contributed by atoms with E-state index in [9.17, 15) is 0 Å². The highest BCUT2D eigenvalue weighted by atomic mass is 14.6. The summed E-state index contributed by atoms with van der Waals surface area (Å²) < 4.78 is 0. The van der Waals surface area contributed by atoms with E-state index in [4.69, 9.17) is 0 Å². The van der Waals surface area contributed by atoms with Gasteiger partial charge in [-0.3, -0.25) is 0 Å². The van der Waals surface area contributed by atoms with Gasteiger partial charge in [-0.15, -0.1) is 13.2 Å². The second kappa shape index (κ2) is 27.3. The molecule has 3 aliphatic rings. The monoisotopic (exact) mass is 599 g/mol. The summed E-state index contributed by atoms with van der Waals surface area (Å²) in [5.41, 5.74) is 2.13. The Morgan fingerprint density at radius 1 is 0.767 bits per heavy atom. The average molecular weight is 599 g/mol. The third-order valence-corrected chi connectivity index (χ3v) is 11.1. The number of aryl methyl sites for hydroxylation is 1. The van der Waals surface area contributed by atoms with Gasteiger partial charge in [0, 0.05) is 0 Å². The molecule has 3 saturated carbocycles. The molecule has 0 amide bonds. The number of unbranched alkanes of at least 4 members (excludes halogenated alkanes) is 1. The molecule has 4 rings (SSSR count). The number of rotatable bonds is 9. The summed E-state index contributed by atoms with van der Waals surface area (Å²) in [6.07, 6.45) is 22.0. The first-order valence-electron chi connectivity index (χ1n) is 19.5. The van der Waals surface area contributed by atoms with Crippen LogP contribution in [0.1, 0.15) is 179 Å². The molecule has 3 fully saturated rings. The van der Waals surface area contributed by atoms with Crippen molar-refractivity contribution in [3.63, 3.8) is 0 Å². The van der Waals surface area contributed by atoms with Crippen molar-refractivity contribution in [2.45, 2.75) is 179 Å². The zero-order valence-corrected chi connectivity index (χ0v) is 31.9. The molecule has 8 unspecified atom stereocenters. The van der Waals surface area contributed by atoms with Crippen LogP contribution in [-0.4, -0.2) is 0 Å². The molecule has 8 atom stereocenters. The van der Waals surface area contributed by atoms with Crippen LogP contribution in [0.15, 0.2) is 43.5 Å². The van der Waals surface area contributed by atoms with Crippen LogP contribution in [0.3, 0.4) is 0 Å². The predicted octanol–water partition coefficient (Wildman–Crippen LogP) is 15.0. The highest BCUT2D eigenvalue weighted by molar-refractivity contribution is 5.14. The first-order valence-corrected chi connectivity index (χ1v) is 19.5. The minimum atomic E-state index is 0.683. The van der Waals surface area contributed by atoms with Crippen molar-refractivity contribution in [1.82, 2.24) is 0 Å². The van der Waals surface area contributed by atoms with Crippen LogP contribution < -0.4 is 0 Å². The molecule has 43 heavy (non-hydrogen) atoms. The van der Waals surface area contributed by atoms with E-state index < -0.39 is 0 Å². The van der Waals surface area contributed by atoms with Crippen LogP contribution in [-0.2, 0) is 6.42 Å². The van der Waals surface area contributed by atoms with Gasteiger partial charge >= 0.3 is 0 Å². The van der Waals surface area contributed by atoms with Crippen molar-refractivity contribution in [2.24, 2.45) is 46.8 Å². The lowest BCUT2D eigenvalue weighted by Crippen LogP contribution is -2.47. The Bertz CT molecular complexity index is 706. The maximum atomic E-state index is 3.00. The molecule has 0 N–H and O–H groups in total. The molecule has 0 radical (unpaired) electrons. The fourth-order valence-electron chi connectivity index (χ4n) is 9.15. The lowest BCUT2D eigenvalue weighted by molar-refractivity contribution is -0.0637. The van der Waals surface area contributed by atoms with Crippen molar-refractivity contribution in [3.8, 4) is 0 Å².